The minimum Gasteiger partial charge on any atom is -0.469 e. The fourth-order valence-electron chi connectivity index (χ4n) is 2.47. The summed E-state index contributed by atoms with van der Waals surface area (Å²) in [4.78, 5) is 8.86. The number of nitrogens with zero attached hydrogens (tertiary/aromatic N) is 3. The number of hydrogen-bond donors (Lipinski definition) is 1. The Morgan fingerprint density at radius 2 is 2.30 bits per heavy atom. The summed E-state index contributed by atoms with van der Waals surface area (Å²) in [6, 6.07) is 6.13. The monoisotopic (exact) mass is 270 g/mol. The number of imidazole rings is 1. The van der Waals surface area contributed by atoms with E-state index in [9.17, 15) is 0 Å². The van der Waals surface area contributed by atoms with Crippen LogP contribution in [0.1, 0.15) is 30.7 Å². The van der Waals surface area contributed by atoms with Crippen LogP contribution in [0, 0.1) is 6.92 Å². The number of rotatable bonds is 4. The number of fused-ring (bicyclic) bond motifs is 1. The van der Waals surface area contributed by atoms with Crippen LogP contribution >= 0.6 is 0 Å². The van der Waals surface area contributed by atoms with E-state index in [0.717, 1.165) is 35.3 Å². The summed E-state index contributed by atoms with van der Waals surface area (Å²) in [5.41, 5.74) is 8.83. The third kappa shape index (κ3) is 2.27. The van der Waals surface area contributed by atoms with E-state index < -0.39 is 0 Å². The van der Waals surface area contributed by atoms with Crippen molar-refractivity contribution in [2.24, 2.45) is 0 Å². The van der Waals surface area contributed by atoms with Crippen molar-refractivity contribution in [2.45, 2.75) is 32.7 Å². The average Bonchev–Trinajstić information content (AvgIpc) is 3.02. The van der Waals surface area contributed by atoms with Crippen LogP contribution in [-0.4, -0.2) is 14.5 Å². The standard InChI is InChI=1S/C15H18N4O/c1-10-8-13-14(17-9-10)19(15(16)18-13)11(2)5-6-12-4-3-7-20-12/h3-4,7-9,11H,5-6H2,1-2H3,(H2,16,18). The molecule has 3 heterocycles. The van der Waals surface area contributed by atoms with Gasteiger partial charge in [-0.1, -0.05) is 0 Å². The summed E-state index contributed by atoms with van der Waals surface area (Å²) >= 11 is 0. The zero-order chi connectivity index (χ0) is 14.1. The molecular weight excluding hydrogens is 252 g/mol. The Bertz CT molecular complexity index is 715. The molecule has 0 aromatic carbocycles. The Labute approximate surface area is 117 Å². The largest absolute Gasteiger partial charge is 0.469 e. The van der Waals surface area contributed by atoms with E-state index in [-0.39, 0.29) is 6.04 Å². The third-order valence-corrected chi connectivity index (χ3v) is 3.52. The van der Waals surface area contributed by atoms with Crippen molar-refractivity contribution in [1.29, 1.82) is 0 Å². The van der Waals surface area contributed by atoms with E-state index in [0.29, 0.717) is 5.95 Å². The van der Waals surface area contributed by atoms with Crippen LogP contribution in [-0.2, 0) is 6.42 Å². The topological polar surface area (TPSA) is 69.9 Å². The van der Waals surface area contributed by atoms with Crippen molar-refractivity contribution in [3.8, 4) is 0 Å². The zero-order valence-corrected chi connectivity index (χ0v) is 11.7. The van der Waals surface area contributed by atoms with Gasteiger partial charge in [-0.15, -0.1) is 0 Å². The van der Waals surface area contributed by atoms with Gasteiger partial charge >= 0.3 is 0 Å². The molecule has 3 aromatic rings. The van der Waals surface area contributed by atoms with Crippen LogP contribution < -0.4 is 5.73 Å². The van der Waals surface area contributed by atoms with Crippen molar-refractivity contribution in [3.63, 3.8) is 0 Å². The van der Waals surface area contributed by atoms with Crippen molar-refractivity contribution < 1.29 is 4.42 Å². The Balaban J connectivity index is 1.87. The molecule has 0 radical (unpaired) electrons. The van der Waals surface area contributed by atoms with Crippen molar-refractivity contribution in [1.82, 2.24) is 14.5 Å². The van der Waals surface area contributed by atoms with Crippen LogP contribution in [0.5, 0.6) is 0 Å². The van der Waals surface area contributed by atoms with Crippen LogP contribution in [0.15, 0.2) is 35.1 Å². The van der Waals surface area contributed by atoms with Gasteiger partial charge in [0.1, 0.15) is 11.3 Å². The molecule has 5 nitrogen and oxygen atoms in total. The van der Waals surface area contributed by atoms with Gasteiger partial charge < -0.3 is 10.2 Å². The number of furan rings is 1. The molecule has 0 aliphatic rings. The lowest BCUT2D eigenvalue weighted by atomic mass is 10.1. The maximum absolute atomic E-state index is 6.04. The number of nitrogen functional groups attached to an aromatic ring is 1. The van der Waals surface area contributed by atoms with Gasteiger partial charge in [-0.05, 0) is 44.0 Å². The van der Waals surface area contributed by atoms with Crippen LogP contribution in [0.25, 0.3) is 11.2 Å². The van der Waals surface area contributed by atoms with Crippen LogP contribution in [0.2, 0.25) is 0 Å². The lowest BCUT2D eigenvalue weighted by Gasteiger charge is -2.14. The second kappa shape index (κ2) is 5.00. The van der Waals surface area contributed by atoms with Gasteiger partial charge in [-0.25, -0.2) is 9.97 Å². The van der Waals surface area contributed by atoms with Gasteiger partial charge in [-0.2, -0.15) is 0 Å². The average molecular weight is 270 g/mol. The molecule has 0 bridgehead atoms. The smallest absolute Gasteiger partial charge is 0.202 e. The molecule has 1 unspecified atom stereocenters. The number of hydrogen-bond acceptors (Lipinski definition) is 4. The molecule has 0 aliphatic heterocycles. The molecule has 5 heteroatoms. The Morgan fingerprint density at radius 1 is 1.45 bits per heavy atom. The SMILES string of the molecule is Cc1cnc2c(c1)nc(N)n2C(C)CCc1ccco1. The molecule has 104 valence electrons. The highest BCUT2D eigenvalue weighted by atomic mass is 16.3. The fraction of sp³-hybridized carbons (Fsp3) is 0.333. The summed E-state index contributed by atoms with van der Waals surface area (Å²) in [6.07, 6.45) is 5.35. The Kier molecular flexibility index (Phi) is 3.18. The first-order valence-corrected chi connectivity index (χ1v) is 6.77. The van der Waals surface area contributed by atoms with Crippen LogP contribution in [0.4, 0.5) is 5.95 Å². The molecule has 0 saturated heterocycles. The third-order valence-electron chi connectivity index (χ3n) is 3.52. The molecule has 1 atom stereocenters. The first-order chi connectivity index (χ1) is 9.65. The fourth-order valence-corrected chi connectivity index (χ4v) is 2.47. The van der Waals surface area contributed by atoms with Crippen molar-refractivity contribution in [2.75, 3.05) is 5.73 Å². The minimum absolute atomic E-state index is 0.223. The normalized spacial score (nSPS) is 12.9. The van der Waals surface area contributed by atoms with E-state index in [1.807, 2.05) is 35.9 Å². The molecule has 3 aromatic heterocycles. The van der Waals surface area contributed by atoms with Crippen molar-refractivity contribution >= 4 is 17.1 Å². The molecule has 0 amide bonds. The molecule has 3 rings (SSSR count). The summed E-state index contributed by atoms with van der Waals surface area (Å²) in [7, 11) is 0. The highest BCUT2D eigenvalue weighted by Gasteiger charge is 2.15. The summed E-state index contributed by atoms with van der Waals surface area (Å²) in [5, 5.41) is 0. The predicted octanol–water partition coefficient (Wildman–Crippen LogP) is 3.11. The van der Waals surface area contributed by atoms with Gasteiger partial charge in [0.15, 0.2) is 5.65 Å². The number of anilines is 1. The van der Waals surface area contributed by atoms with E-state index in [1.54, 1.807) is 6.26 Å². The maximum Gasteiger partial charge on any atom is 0.202 e. The van der Waals surface area contributed by atoms with Crippen molar-refractivity contribution in [3.05, 3.63) is 42.0 Å². The summed E-state index contributed by atoms with van der Waals surface area (Å²) < 4.78 is 7.36. The number of aryl methyl sites for hydroxylation is 2. The number of aromatic nitrogens is 3. The molecule has 0 aliphatic carbocycles. The quantitative estimate of drug-likeness (QED) is 0.790. The second-order valence-corrected chi connectivity index (χ2v) is 5.16. The lowest BCUT2D eigenvalue weighted by Crippen LogP contribution is -2.10. The molecule has 0 spiro atoms. The van der Waals surface area contributed by atoms with Gasteiger partial charge in [0.25, 0.3) is 0 Å². The zero-order valence-electron chi connectivity index (χ0n) is 11.7. The van der Waals surface area contributed by atoms with Gasteiger partial charge in [-0.3, -0.25) is 4.57 Å². The Hall–Kier alpha value is -2.30. The second-order valence-electron chi connectivity index (χ2n) is 5.16. The van der Waals surface area contributed by atoms with Crippen LogP contribution in [0.3, 0.4) is 0 Å². The van der Waals surface area contributed by atoms with E-state index in [1.165, 1.54) is 0 Å². The molecule has 0 fully saturated rings. The van der Waals surface area contributed by atoms with E-state index >= 15 is 0 Å². The number of nitrogens with two attached hydrogens (primary N) is 1. The molecule has 2 N–H and O–H groups in total. The minimum atomic E-state index is 0.223. The molecule has 20 heavy (non-hydrogen) atoms. The first kappa shape index (κ1) is 12.7. The first-order valence-electron chi connectivity index (χ1n) is 6.77. The Morgan fingerprint density at radius 3 is 3.05 bits per heavy atom. The van der Waals surface area contributed by atoms with E-state index in [2.05, 4.69) is 16.9 Å². The number of pyridine rings is 1. The predicted molar refractivity (Wildman–Crippen MR) is 78.4 cm³/mol. The highest BCUT2D eigenvalue weighted by Crippen LogP contribution is 2.24. The molecule has 0 saturated carbocycles. The van der Waals surface area contributed by atoms with Gasteiger partial charge in [0, 0.05) is 18.7 Å². The maximum atomic E-state index is 6.04. The van der Waals surface area contributed by atoms with Gasteiger partial charge in [0.05, 0.1) is 6.26 Å². The molecular formula is C15H18N4O. The summed E-state index contributed by atoms with van der Waals surface area (Å²) in [6.45, 7) is 4.13. The summed E-state index contributed by atoms with van der Waals surface area (Å²) in [5.74, 6) is 1.51. The van der Waals surface area contributed by atoms with Gasteiger partial charge in [0.2, 0.25) is 5.95 Å². The lowest BCUT2D eigenvalue weighted by molar-refractivity contribution is 0.459. The van der Waals surface area contributed by atoms with E-state index in [4.69, 9.17) is 10.2 Å². The highest BCUT2D eigenvalue weighted by molar-refractivity contribution is 5.74.